The molecule has 0 unspecified atom stereocenters. The summed E-state index contributed by atoms with van der Waals surface area (Å²) in [5.41, 5.74) is 11.4. The van der Waals surface area contributed by atoms with E-state index in [4.69, 9.17) is 28.8 Å². The molecule has 0 atom stereocenters. The van der Waals surface area contributed by atoms with E-state index in [1.54, 1.807) is 22.7 Å². The zero-order valence-corrected chi connectivity index (χ0v) is 90.3. The SMILES string of the molecule is Brc1ccc2scnc2c1.C.C1COCCO1.Cn1ccc2cc(-c3ccc4scnc4c3)ccc21.Cn1ccc2cc(B3OC(C)(C)C(C)(C)O3)ccc21.O=CO[O-].[H-].[Na+].[Na+].[Pd].c1ccc(P(c2ccccc2)c2ccccc2)cc1.c1ccc(P(c2ccccc2)c2ccccc2)cc1.c1ccc(P(c2ccccc2)c2ccccc2)cc1.c1ccc(P(c2ccccc2)c2ccccc2)cc1. The second kappa shape index (κ2) is 58.1. The molecule has 0 saturated carbocycles. The molecule has 0 aliphatic carbocycles. The number of aryl methyl sites for hydroxylation is 2. The maximum Gasteiger partial charge on any atom is 1.00 e. The second-order valence-electron chi connectivity index (χ2n) is 31.8. The second-order valence-corrected chi connectivity index (χ2v) is 43.4. The number of nitrogens with zero attached hydrogens (tertiary/aromatic N) is 4. The Kier molecular flexibility index (Phi) is 46.5. The molecular formula is C116H110BBrN4Na2O7P4PdS2. The molecule has 11 nitrogen and oxygen atoms in total. The van der Waals surface area contributed by atoms with Crippen molar-refractivity contribution in [3.63, 3.8) is 0 Å². The van der Waals surface area contributed by atoms with E-state index in [2.05, 4.69) is 531 Å². The Bertz CT molecular complexity index is 5990. The summed E-state index contributed by atoms with van der Waals surface area (Å²) in [6.45, 7) is 11.2. The number of ether oxygens (including phenoxy) is 2. The summed E-state index contributed by atoms with van der Waals surface area (Å²) in [5.74, 6) is 0. The number of rotatable bonds is 15. The number of carbonyl (C=O) groups excluding carboxylic acids is 1. The largest absolute Gasteiger partial charge is 1.00 e. The fourth-order valence-corrected chi connectivity index (χ4v) is 25.8. The van der Waals surface area contributed by atoms with Crippen molar-refractivity contribution in [2.24, 2.45) is 14.1 Å². The van der Waals surface area contributed by atoms with Gasteiger partial charge in [0, 0.05) is 67.8 Å². The number of thiazole rings is 2. The Morgan fingerprint density at radius 2 is 0.594 bits per heavy atom. The van der Waals surface area contributed by atoms with E-state index in [-0.39, 0.29) is 113 Å². The quantitative estimate of drug-likeness (QED) is 0.0325. The minimum Gasteiger partial charge on any atom is -1.00 e. The molecule has 16 aromatic carbocycles. The van der Waals surface area contributed by atoms with Gasteiger partial charge in [0.2, 0.25) is 0 Å². The number of aromatic nitrogens is 4. The first-order valence-corrected chi connectivity index (χ1v) is 52.1. The number of hydrogen-bond donors (Lipinski definition) is 0. The summed E-state index contributed by atoms with van der Waals surface area (Å²) >= 11 is 6.73. The molecule has 2 saturated heterocycles. The number of hydrogen-bond acceptors (Lipinski definition) is 11. The van der Waals surface area contributed by atoms with Crippen LogP contribution in [0, 0.1) is 0 Å². The molecule has 22 rings (SSSR count). The minimum absolute atomic E-state index is 0. The van der Waals surface area contributed by atoms with Crippen LogP contribution in [0.25, 0.3) is 53.4 Å². The zero-order valence-electron chi connectivity index (χ0n) is 79.0. The molecule has 138 heavy (non-hydrogen) atoms. The molecule has 22 heteroatoms. The average Bonchev–Trinajstić information content (AvgIpc) is 1.62. The third kappa shape index (κ3) is 31.8. The van der Waals surface area contributed by atoms with Gasteiger partial charge in [0.05, 0.1) is 69.1 Å². The van der Waals surface area contributed by atoms with Crippen molar-refractivity contribution < 1.29 is 115 Å². The van der Waals surface area contributed by atoms with Crippen LogP contribution in [-0.4, -0.2) is 70.3 Å². The van der Waals surface area contributed by atoms with Gasteiger partial charge in [0.25, 0.3) is 6.47 Å². The van der Waals surface area contributed by atoms with Crippen LogP contribution >= 0.6 is 70.3 Å². The average molecular weight is 2100 g/mol. The van der Waals surface area contributed by atoms with Gasteiger partial charge in [-0.2, -0.15) is 0 Å². The van der Waals surface area contributed by atoms with Crippen LogP contribution in [0.5, 0.6) is 0 Å². The molecule has 0 bridgehead atoms. The summed E-state index contributed by atoms with van der Waals surface area (Å²) < 4.78 is 29.9. The molecule has 0 N–H and O–H groups in total. The smallest absolute Gasteiger partial charge is 1.00 e. The van der Waals surface area contributed by atoms with Crippen molar-refractivity contribution in [1.29, 1.82) is 0 Å². The monoisotopic (exact) mass is 2100 g/mol. The molecule has 2 aliphatic heterocycles. The molecule has 20 aromatic rings. The maximum atomic E-state index is 8.64. The molecular weight excluding hydrogens is 1990 g/mol. The topological polar surface area (TPSA) is 122 Å². The first kappa shape index (κ1) is 111. The van der Waals surface area contributed by atoms with Crippen molar-refractivity contribution in [3.05, 3.63) is 477 Å². The normalized spacial score (nSPS) is 12.3. The van der Waals surface area contributed by atoms with Gasteiger partial charge in [-0.25, -0.2) is 9.97 Å². The van der Waals surface area contributed by atoms with Crippen molar-refractivity contribution in [2.45, 2.75) is 46.3 Å². The number of fused-ring (bicyclic) bond motifs is 4. The van der Waals surface area contributed by atoms with E-state index >= 15 is 0 Å². The van der Waals surface area contributed by atoms with E-state index in [0.717, 1.165) is 47.4 Å². The number of halogens is 1. The van der Waals surface area contributed by atoms with Gasteiger partial charge in [0.1, 0.15) is 0 Å². The summed E-state index contributed by atoms with van der Waals surface area (Å²) in [6.07, 6.45) is 4.16. The van der Waals surface area contributed by atoms with E-state index in [1.165, 1.54) is 106 Å². The fourth-order valence-electron chi connectivity index (χ4n) is 14.9. The van der Waals surface area contributed by atoms with Gasteiger partial charge in [-0.15, -0.1) is 22.7 Å². The summed E-state index contributed by atoms with van der Waals surface area (Å²) in [4.78, 5) is 19.8. The van der Waals surface area contributed by atoms with Gasteiger partial charge < -0.3 is 39.5 Å². The molecule has 2 fully saturated rings. The van der Waals surface area contributed by atoms with Crippen LogP contribution in [0.3, 0.4) is 0 Å². The van der Waals surface area contributed by atoms with Crippen molar-refractivity contribution in [3.8, 4) is 11.1 Å². The zero-order chi connectivity index (χ0) is 93.0. The van der Waals surface area contributed by atoms with Crippen molar-refractivity contribution in [2.75, 3.05) is 26.4 Å². The summed E-state index contributed by atoms with van der Waals surface area (Å²) in [6, 6.07) is 159. The summed E-state index contributed by atoms with van der Waals surface area (Å²) in [7, 11) is 2.06. The molecule has 6 heterocycles. The molecule has 0 radical (unpaired) electrons. The molecule has 0 spiro atoms. The van der Waals surface area contributed by atoms with Crippen LogP contribution in [0.15, 0.2) is 477 Å². The van der Waals surface area contributed by atoms with Gasteiger partial charge in [0.15, 0.2) is 0 Å². The van der Waals surface area contributed by atoms with Crippen LogP contribution in [0.1, 0.15) is 36.5 Å². The standard InChI is InChI=1S/4C18H15P.C16H12N2S.C15H20BNO2.C7H4BrNS.C4H8O2.CH2O3.CH4.2Na.Pd.H/c4*1-4-10-16(11-5-1)19(17-12-6-2-7-13-17)18-14-8-3-9-15-18;1-18-7-6-13-8-11(2-4-15(13)18)12-3-5-16-14(9-12)17-10-19-16;1-14(2)15(3,4)19-16(18-14)12-6-7-13-11(10-12)8-9-17(13)5;8-5-1-2-7-6(3-5)9-4-10-7;1-2-6-4-3-5-1;2-1-4-3;;;;;/h4*1-15H;2-10H,1H3;6-10H,1-5H3;1-4H;1-4H2;1,3H;1H4;;;;/q;;;;;;;;;;2*+1;;-1/p-1. The molecule has 0 amide bonds. The Hall–Kier alpha value is -9.42. The summed E-state index contributed by atoms with van der Waals surface area (Å²) in [5, 5.41) is 27.7. The predicted octanol–water partition coefficient (Wildman–Crippen LogP) is 17.0. The van der Waals surface area contributed by atoms with E-state index in [1.807, 2.05) is 23.2 Å². The Morgan fingerprint density at radius 1 is 0.355 bits per heavy atom. The van der Waals surface area contributed by atoms with Gasteiger partial charge in [-0.3, -0.25) is 4.79 Å². The third-order valence-electron chi connectivity index (χ3n) is 22.2. The van der Waals surface area contributed by atoms with E-state index in [9.17, 15) is 0 Å². The van der Waals surface area contributed by atoms with Crippen LogP contribution in [0.2, 0.25) is 0 Å². The number of carbonyl (C=O) groups is 1. The Labute approximate surface area is 894 Å². The molecule has 690 valence electrons. The van der Waals surface area contributed by atoms with Gasteiger partial charge >= 0.3 is 66.2 Å². The van der Waals surface area contributed by atoms with Gasteiger partial charge in [-0.1, -0.05) is 412 Å². The Morgan fingerprint density at radius 3 is 0.862 bits per heavy atom. The van der Waals surface area contributed by atoms with Crippen LogP contribution in [-0.2, 0) is 63.0 Å². The first-order chi connectivity index (χ1) is 65.7. The van der Waals surface area contributed by atoms with E-state index in [0.29, 0.717) is 0 Å². The van der Waals surface area contributed by atoms with Crippen LogP contribution < -0.4 is 133 Å². The minimum atomic E-state index is -0.446. The van der Waals surface area contributed by atoms with Gasteiger partial charge in [-0.05, 0) is 206 Å². The molecule has 4 aromatic heterocycles. The predicted molar refractivity (Wildman–Crippen MR) is 585 cm³/mol. The molecule has 2 aliphatic rings. The Balaban J connectivity index is 0.000000178. The first-order valence-electron chi connectivity index (χ1n) is 44.2. The van der Waals surface area contributed by atoms with Crippen LogP contribution in [0.4, 0.5) is 0 Å². The van der Waals surface area contributed by atoms with E-state index < -0.39 is 31.7 Å². The fraction of sp³-hybridized carbons (Fsp3) is 0.112. The van der Waals surface area contributed by atoms with Crippen molar-refractivity contribution >= 4 is 195 Å². The maximum absolute atomic E-state index is 8.64. The third-order valence-corrected chi connectivity index (χ3v) is 34.1. The van der Waals surface area contributed by atoms with Crippen molar-refractivity contribution in [1.82, 2.24) is 19.1 Å². The number of benzene rings is 16.